The molecule has 0 bridgehead atoms. The molecule has 1 aromatic heterocycles. The normalized spacial score (nSPS) is 10.8. The molecule has 0 saturated heterocycles. The van der Waals surface area contributed by atoms with Crippen LogP contribution in [0.2, 0.25) is 0 Å². The van der Waals surface area contributed by atoms with Crippen molar-refractivity contribution in [2.75, 3.05) is 0 Å². The molecule has 0 saturated carbocycles. The van der Waals surface area contributed by atoms with Crippen molar-refractivity contribution < 1.29 is 4.79 Å². The Morgan fingerprint density at radius 2 is 1.45 bits per heavy atom. The van der Waals surface area contributed by atoms with Gasteiger partial charge in [0, 0.05) is 25.3 Å². The molecule has 0 atom stereocenters. The Labute approximate surface area is 183 Å². The summed E-state index contributed by atoms with van der Waals surface area (Å²) in [6.07, 6.45) is 0. The summed E-state index contributed by atoms with van der Waals surface area (Å²) in [6, 6.07) is 30.4. The summed E-state index contributed by atoms with van der Waals surface area (Å²) in [7, 11) is 0. The molecule has 0 aliphatic heterocycles. The number of aromatic nitrogens is 1. The van der Waals surface area contributed by atoms with E-state index in [1.807, 2.05) is 66.7 Å². The van der Waals surface area contributed by atoms with Crippen LogP contribution in [0.5, 0.6) is 0 Å². The Balaban J connectivity index is 1.64. The molecule has 0 aliphatic rings. The third-order valence-electron chi connectivity index (χ3n) is 5.49. The number of rotatable bonds is 7. The highest BCUT2D eigenvalue weighted by molar-refractivity contribution is 6.00. The van der Waals surface area contributed by atoms with Crippen LogP contribution in [0.25, 0.3) is 11.3 Å². The van der Waals surface area contributed by atoms with Crippen LogP contribution in [0.15, 0.2) is 91.0 Å². The lowest BCUT2D eigenvalue weighted by atomic mass is 10.1. The average molecular weight is 410 g/mol. The molecule has 0 fully saturated rings. The van der Waals surface area contributed by atoms with Crippen LogP contribution in [-0.4, -0.2) is 10.5 Å². The fourth-order valence-corrected chi connectivity index (χ4v) is 3.80. The Bertz CT molecular complexity index is 1150. The molecule has 0 spiro atoms. The minimum Gasteiger partial charge on any atom is -0.348 e. The number of amides is 1. The number of hydrogen-bond donors (Lipinski definition) is 2. The number of carbonyl (C=O) groups is 1. The van der Waals surface area contributed by atoms with Crippen LogP contribution < -0.4 is 11.1 Å². The van der Waals surface area contributed by atoms with Gasteiger partial charge in [0.2, 0.25) is 0 Å². The van der Waals surface area contributed by atoms with E-state index in [-0.39, 0.29) is 5.91 Å². The molecule has 31 heavy (non-hydrogen) atoms. The summed E-state index contributed by atoms with van der Waals surface area (Å²) in [5, 5.41) is 3.08. The molecule has 4 heteroatoms. The summed E-state index contributed by atoms with van der Waals surface area (Å²) < 4.78 is 2.22. The van der Waals surface area contributed by atoms with Gasteiger partial charge in [-0.3, -0.25) is 4.79 Å². The molecule has 1 amide bonds. The van der Waals surface area contributed by atoms with Crippen molar-refractivity contribution in [3.05, 3.63) is 119 Å². The standard InChI is InChI=1S/C27H27N3O/c1-20-16-25(27(31)29-18-22-14-12-21(17-28)13-15-22)26(24-10-6-3-7-11-24)30(20)19-23-8-4-2-5-9-23/h2-16H,17-19,28H2,1H3,(H,29,31). The predicted molar refractivity (Wildman–Crippen MR) is 126 cm³/mol. The van der Waals surface area contributed by atoms with Crippen molar-refractivity contribution in [3.8, 4) is 11.3 Å². The number of nitrogens with zero attached hydrogens (tertiary/aromatic N) is 1. The molecule has 4 aromatic rings. The molecule has 1 heterocycles. The highest BCUT2D eigenvalue weighted by atomic mass is 16.1. The maximum atomic E-state index is 13.2. The molecular formula is C27H27N3O. The number of nitrogens with two attached hydrogens (primary N) is 1. The van der Waals surface area contributed by atoms with Gasteiger partial charge in [-0.1, -0.05) is 84.9 Å². The van der Waals surface area contributed by atoms with Crippen LogP contribution >= 0.6 is 0 Å². The zero-order valence-corrected chi connectivity index (χ0v) is 17.7. The van der Waals surface area contributed by atoms with Crippen molar-refractivity contribution in [2.24, 2.45) is 5.73 Å². The van der Waals surface area contributed by atoms with Crippen LogP contribution in [0.3, 0.4) is 0 Å². The second kappa shape index (κ2) is 9.45. The van der Waals surface area contributed by atoms with E-state index in [0.29, 0.717) is 25.2 Å². The van der Waals surface area contributed by atoms with Crippen LogP contribution in [0.4, 0.5) is 0 Å². The third-order valence-corrected chi connectivity index (χ3v) is 5.49. The Morgan fingerprint density at radius 3 is 2.10 bits per heavy atom. The quantitative estimate of drug-likeness (QED) is 0.456. The molecule has 3 N–H and O–H groups in total. The fourth-order valence-electron chi connectivity index (χ4n) is 3.80. The Morgan fingerprint density at radius 1 is 0.839 bits per heavy atom. The van der Waals surface area contributed by atoms with Crippen molar-refractivity contribution in [3.63, 3.8) is 0 Å². The van der Waals surface area contributed by atoms with Gasteiger partial charge in [-0.25, -0.2) is 0 Å². The van der Waals surface area contributed by atoms with Crippen LogP contribution in [-0.2, 0) is 19.6 Å². The summed E-state index contributed by atoms with van der Waals surface area (Å²) >= 11 is 0. The minimum atomic E-state index is -0.0725. The highest BCUT2D eigenvalue weighted by Crippen LogP contribution is 2.28. The van der Waals surface area contributed by atoms with Gasteiger partial charge in [-0.15, -0.1) is 0 Å². The van der Waals surface area contributed by atoms with Crippen LogP contribution in [0, 0.1) is 6.92 Å². The van der Waals surface area contributed by atoms with Crippen molar-refractivity contribution in [1.82, 2.24) is 9.88 Å². The lowest BCUT2D eigenvalue weighted by Gasteiger charge is -2.14. The minimum absolute atomic E-state index is 0.0725. The average Bonchev–Trinajstić information content (AvgIpc) is 3.15. The second-order valence-corrected chi connectivity index (χ2v) is 7.69. The van der Waals surface area contributed by atoms with Gasteiger partial charge in [-0.2, -0.15) is 0 Å². The smallest absolute Gasteiger partial charge is 0.253 e. The van der Waals surface area contributed by atoms with Crippen LogP contribution in [0.1, 0.15) is 32.7 Å². The maximum Gasteiger partial charge on any atom is 0.253 e. The highest BCUT2D eigenvalue weighted by Gasteiger charge is 2.20. The van der Waals surface area contributed by atoms with E-state index in [2.05, 4.69) is 41.1 Å². The van der Waals surface area contributed by atoms with Crippen molar-refractivity contribution in [1.29, 1.82) is 0 Å². The summed E-state index contributed by atoms with van der Waals surface area (Å²) in [5.41, 5.74) is 12.7. The monoisotopic (exact) mass is 409 g/mol. The number of aryl methyl sites for hydroxylation is 1. The molecular weight excluding hydrogens is 382 g/mol. The van der Waals surface area contributed by atoms with Gasteiger partial charge < -0.3 is 15.6 Å². The first kappa shape index (κ1) is 20.6. The number of carbonyl (C=O) groups excluding carboxylic acids is 1. The Kier molecular flexibility index (Phi) is 6.29. The lowest BCUT2D eigenvalue weighted by molar-refractivity contribution is 0.0951. The zero-order valence-electron chi connectivity index (χ0n) is 17.7. The van der Waals surface area contributed by atoms with E-state index in [9.17, 15) is 4.79 Å². The fraction of sp³-hybridized carbons (Fsp3) is 0.148. The van der Waals surface area contributed by atoms with E-state index in [1.54, 1.807) is 0 Å². The van der Waals surface area contributed by atoms with E-state index >= 15 is 0 Å². The molecule has 0 aliphatic carbocycles. The Hall–Kier alpha value is -3.63. The summed E-state index contributed by atoms with van der Waals surface area (Å²) in [5.74, 6) is -0.0725. The molecule has 4 nitrogen and oxygen atoms in total. The van der Waals surface area contributed by atoms with E-state index in [4.69, 9.17) is 5.73 Å². The van der Waals surface area contributed by atoms with Gasteiger partial charge in [0.05, 0.1) is 11.3 Å². The third kappa shape index (κ3) is 4.76. The molecule has 156 valence electrons. The van der Waals surface area contributed by atoms with Gasteiger partial charge in [0.25, 0.3) is 5.91 Å². The number of nitrogens with one attached hydrogen (secondary N) is 1. The van der Waals surface area contributed by atoms with Crippen molar-refractivity contribution in [2.45, 2.75) is 26.6 Å². The summed E-state index contributed by atoms with van der Waals surface area (Å²) in [4.78, 5) is 13.2. The molecule has 0 unspecified atom stereocenters. The SMILES string of the molecule is Cc1cc(C(=O)NCc2ccc(CN)cc2)c(-c2ccccc2)n1Cc1ccccc1. The zero-order chi connectivity index (χ0) is 21.6. The number of benzene rings is 3. The van der Waals surface area contributed by atoms with Gasteiger partial charge in [0.15, 0.2) is 0 Å². The number of hydrogen-bond acceptors (Lipinski definition) is 2. The van der Waals surface area contributed by atoms with Gasteiger partial charge >= 0.3 is 0 Å². The second-order valence-electron chi connectivity index (χ2n) is 7.69. The molecule has 3 aromatic carbocycles. The van der Waals surface area contributed by atoms with E-state index in [0.717, 1.165) is 28.1 Å². The van der Waals surface area contributed by atoms with Gasteiger partial charge in [0.1, 0.15) is 0 Å². The first-order valence-electron chi connectivity index (χ1n) is 10.5. The first-order valence-corrected chi connectivity index (χ1v) is 10.5. The topological polar surface area (TPSA) is 60.1 Å². The van der Waals surface area contributed by atoms with E-state index in [1.165, 1.54) is 5.56 Å². The largest absolute Gasteiger partial charge is 0.348 e. The molecule has 4 rings (SSSR count). The predicted octanol–water partition coefficient (Wildman–Crippen LogP) is 4.90. The maximum absolute atomic E-state index is 13.2. The lowest BCUT2D eigenvalue weighted by Crippen LogP contribution is -2.23. The first-order chi connectivity index (χ1) is 15.2. The summed E-state index contributed by atoms with van der Waals surface area (Å²) in [6.45, 7) is 3.75. The van der Waals surface area contributed by atoms with Crippen molar-refractivity contribution >= 4 is 5.91 Å². The van der Waals surface area contributed by atoms with E-state index < -0.39 is 0 Å². The van der Waals surface area contributed by atoms with Gasteiger partial charge in [-0.05, 0) is 35.2 Å². The molecule has 0 radical (unpaired) electrons.